The number of aryl methyl sites for hydroxylation is 2. The predicted molar refractivity (Wildman–Crippen MR) is 108 cm³/mol. The molecule has 1 aliphatic heterocycles. The molecule has 0 saturated carbocycles. The van der Waals surface area contributed by atoms with Crippen LogP contribution in [0.15, 0.2) is 58.4 Å². The van der Waals surface area contributed by atoms with Crippen molar-refractivity contribution in [3.8, 4) is 0 Å². The Bertz CT molecular complexity index is 1120. The lowest BCUT2D eigenvalue weighted by Crippen LogP contribution is -2.30. The molecule has 1 aliphatic rings. The third-order valence-corrected chi connectivity index (χ3v) is 5.30. The van der Waals surface area contributed by atoms with Crippen LogP contribution in [0.4, 0.5) is 5.69 Å². The number of benzene rings is 1. The van der Waals surface area contributed by atoms with Crippen LogP contribution in [-0.2, 0) is 10.5 Å². The number of rotatable bonds is 3. The second-order valence-corrected chi connectivity index (χ2v) is 7.42. The van der Waals surface area contributed by atoms with Crippen LogP contribution in [0.1, 0.15) is 16.8 Å². The molecule has 0 radical (unpaired) electrons. The van der Waals surface area contributed by atoms with Gasteiger partial charge in [-0.05, 0) is 37.6 Å². The van der Waals surface area contributed by atoms with Crippen LogP contribution < -0.4 is 10.5 Å². The van der Waals surface area contributed by atoms with E-state index in [0.717, 1.165) is 16.8 Å². The molecule has 136 valence electrons. The third kappa shape index (κ3) is 3.50. The van der Waals surface area contributed by atoms with E-state index in [1.807, 2.05) is 50.2 Å². The smallest absolute Gasteiger partial charge is 0.258 e. The molecule has 0 aliphatic carbocycles. The molecule has 6 nitrogen and oxygen atoms in total. The summed E-state index contributed by atoms with van der Waals surface area (Å²) in [5.74, 6) is 0.414. The highest BCUT2D eigenvalue weighted by molar-refractivity contribution is 8.13. The summed E-state index contributed by atoms with van der Waals surface area (Å²) in [6, 6.07) is 13.1. The highest BCUT2D eigenvalue weighted by Crippen LogP contribution is 2.25. The molecule has 7 heteroatoms. The Labute approximate surface area is 160 Å². The summed E-state index contributed by atoms with van der Waals surface area (Å²) in [5.41, 5.74) is 4.10. The second kappa shape index (κ2) is 7.00. The number of carbonyl (C=O) groups is 1. The summed E-state index contributed by atoms with van der Waals surface area (Å²) in [6.07, 6.45) is 1.78. The van der Waals surface area contributed by atoms with Gasteiger partial charge >= 0.3 is 0 Å². The minimum atomic E-state index is -0.112. The number of hydrogen-bond donors (Lipinski definition) is 0. The summed E-state index contributed by atoms with van der Waals surface area (Å²) < 4.78 is 1.54. The van der Waals surface area contributed by atoms with Crippen LogP contribution in [0.5, 0.6) is 0 Å². The van der Waals surface area contributed by atoms with Crippen LogP contribution in [0, 0.1) is 13.8 Å². The lowest BCUT2D eigenvalue weighted by atomic mass is 10.2. The molecule has 0 N–H and O–H groups in total. The molecule has 4 rings (SSSR count). The number of aliphatic imine (C=N–C) groups is 1. The van der Waals surface area contributed by atoms with Gasteiger partial charge in [0.15, 0.2) is 5.17 Å². The number of pyridine rings is 1. The van der Waals surface area contributed by atoms with Gasteiger partial charge in [0, 0.05) is 18.0 Å². The quantitative estimate of drug-likeness (QED) is 0.703. The van der Waals surface area contributed by atoms with Crippen LogP contribution in [0.25, 0.3) is 5.65 Å². The van der Waals surface area contributed by atoms with Gasteiger partial charge in [-0.1, -0.05) is 35.5 Å². The van der Waals surface area contributed by atoms with Gasteiger partial charge in [-0.3, -0.25) is 23.9 Å². The largest absolute Gasteiger partial charge is 0.272 e. The fourth-order valence-electron chi connectivity index (χ4n) is 2.91. The van der Waals surface area contributed by atoms with Gasteiger partial charge < -0.3 is 0 Å². The van der Waals surface area contributed by atoms with E-state index in [-0.39, 0.29) is 18.0 Å². The van der Waals surface area contributed by atoms with E-state index in [9.17, 15) is 9.59 Å². The van der Waals surface area contributed by atoms with Crippen molar-refractivity contribution in [2.75, 3.05) is 11.4 Å². The van der Waals surface area contributed by atoms with Crippen LogP contribution in [0.3, 0.4) is 0 Å². The van der Waals surface area contributed by atoms with Crippen molar-refractivity contribution in [1.29, 1.82) is 0 Å². The fraction of sp³-hybridized carbons (Fsp3) is 0.200. The molecule has 3 heterocycles. The minimum absolute atomic E-state index is 0.0524. The zero-order valence-electron chi connectivity index (χ0n) is 15.0. The molecule has 0 bridgehead atoms. The van der Waals surface area contributed by atoms with Crippen molar-refractivity contribution in [3.63, 3.8) is 0 Å². The number of anilines is 1. The van der Waals surface area contributed by atoms with Gasteiger partial charge in [-0.2, -0.15) is 0 Å². The summed E-state index contributed by atoms with van der Waals surface area (Å²) in [7, 11) is 0. The number of thioether (sulfide) groups is 1. The summed E-state index contributed by atoms with van der Waals surface area (Å²) in [5, 5.41) is 0.634. The second-order valence-electron chi connectivity index (χ2n) is 6.47. The SMILES string of the molecule is Cc1ccc(N2C(=O)CN=C2SCc2cc(=O)n3cc(C)ccc3n2)cc1. The Hall–Kier alpha value is -2.93. The van der Waals surface area contributed by atoms with E-state index in [1.54, 1.807) is 15.5 Å². The molecule has 27 heavy (non-hydrogen) atoms. The molecule has 0 atom stereocenters. The molecule has 0 unspecified atom stereocenters. The lowest BCUT2D eigenvalue weighted by molar-refractivity contribution is -0.115. The van der Waals surface area contributed by atoms with Crippen molar-refractivity contribution < 1.29 is 4.79 Å². The Balaban J connectivity index is 1.56. The van der Waals surface area contributed by atoms with Crippen LogP contribution in [0.2, 0.25) is 0 Å². The topological polar surface area (TPSA) is 67.0 Å². The third-order valence-electron chi connectivity index (χ3n) is 4.29. The van der Waals surface area contributed by atoms with E-state index in [1.165, 1.54) is 17.8 Å². The first-order valence-electron chi connectivity index (χ1n) is 8.57. The zero-order chi connectivity index (χ0) is 19.0. The Kier molecular flexibility index (Phi) is 4.53. The minimum Gasteiger partial charge on any atom is -0.272 e. The molecule has 0 fully saturated rings. The van der Waals surface area contributed by atoms with Gasteiger partial charge in [-0.25, -0.2) is 4.98 Å². The number of hydrogen-bond acceptors (Lipinski definition) is 5. The van der Waals surface area contributed by atoms with Gasteiger partial charge in [0.2, 0.25) is 0 Å². The molecular formula is C20H18N4O2S. The maximum Gasteiger partial charge on any atom is 0.258 e. The van der Waals surface area contributed by atoms with Gasteiger partial charge in [0.25, 0.3) is 11.5 Å². The standard InChI is InChI=1S/C20H18N4O2S/c1-13-3-6-16(7-4-13)24-19(26)10-21-20(24)27-12-15-9-18(25)23-11-14(2)5-8-17(23)22-15/h3-9,11H,10,12H2,1-2H3. The Morgan fingerprint density at radius 2 is 1.78 bits per heavy atom. The normalized spacial score (nSPS) is 14.1. The van der Waals surface area contributed by atoms with Gasteiger partial charge in [0.05, 0.1) is 11.4 Å². The molecule has 1 amide bonds. The number of amides is 1. The van der Waals surface area contributed by atoms with Crippen molar-refractivity contribution in [1.82, 2.24) is 9.38 Å². The van der Waals surface area contributed by atoms with E-state index >= 15 is 0 Å². The number of amidine groups is 1. The molecule has 0 spiro atoms. The molecular weight excluding hydrogens is 360 g/mol. The monoisotopic (exact) mass is 378 g/mol. The number of nitrogens with zero attached hydrogens (tertiary/aromatic N) is 4. The lowest BCUT2D eigenvalue weighted by Gasteiger charge is -2.18. The number of fused-ring (bicyclic) bond motifs is 1. The van der Waals surface area contributed by atoms with E-state index < -0.39 is 0 Å². The highest BCUT2D eigenvalue weighted by atomic mass is 32.2. The first-order chi connectivity index (χ1) is 13.0. The maximum absolute atomic E-state index is 12.3. The number of aromatic nitrogens is 2. The maximum atomic E-state index is 12.3. The molecule has 0 saturated heterocycles. The van der Waals surface area contributed by atoms with E-state index in [4.69, 9.17) is 0 Å². The molecule has 3 aromatic rings. The van der Waals surface area contributed by atoms with Crippen molar-refractivity contribution in [2.24, 2.45) is 4.99 Å². The van der Waals surface area contributed by atoms with Crippen molar-refractivity contribution in [3.05, 3.63) is 75.8 Å². The van der Waals surface area contributed by atoms with Gasteiger partial charge in [-0.15, -0.1) is 0 Å². The summed E-state index contributed by atoms with van der Waals surface area (Å²) in [6.45, 7) is 4.08. The van der Waals surface area contributed by atoms with Gasteiger partial charge in [0.1, 0.15) is 12.2 Å². The average Bonchev–Trinajstić information content (AvgIpc) is 3.02. The average molecular weight is 378 g/mol. The van der Waals surface area contributed by atoms with E-state index in [0.29, 0.717) is 22.3 Å². The fourth-order valence-corrected chi connectivity index (χ4v) is 3.83. The Morgan fingerprint density at radius 1 is 1.04 bits per heavy atom. The predicted octanol–water partition coefficient (Wildman–Crippen LogP) is 2.95. The molecule has 2 aromatic heterocycles. The first kappa shape index (κ1) is 17.5. The molecule has 1 aromatic carbocycles. The Morgan fingerprint density at radius 3 is 2.56 bits per heavy atom. The highest BCUT2D eigenvalue weighted by Gasteiger charge is 2.27. The van der Waals surface area contributed by atoms with E-state index in [2.05, 4.69) is 9.98 Å². The van der Waals surface area contributed by atoms with Crippen molar-refractivity contribution in [2.45, 2.75) is 19.6 Å². The summed E-state index contributed by atoms with van der Waals surface area (Å²) >= 11 is 1.41. The first-order valence-corrected chi connectivity index (χ1v) is 9.56. The van der Waals surface area contributed by atoms with Crippen molar-refractivity contribution >= 4 is 34.2 Å². The zero-order valence-corrected chi connectivity index (χ0v) is 15.9. The summed E-state index contributed by atoms with van der Waals surface area (Å²) in [4.78, 5) is 35.1. The van der Waals surface area contributed by atoms with Crippen LogP contribution >= 0.6 is 11.8 Å². The number of carbonyl (C=O) groups excluding carboxylic acids is 1. The van der Waals surface area contributed by atoms with Crippen LogP contribution in [-0.4, -0.2) is 27.0 Å².